The maximum Gasteiger partial charge on any atom is 0.326 e. The Balaban J connectivity index is 1.89. The second-order valence-electron chi connectivity index (χ2n) is 8.14. The molecule has 1 heterocycles. The lowest BCUT2D eigenvalue weighted by Crippen LogP contribution is -2.42. The van der Waals surface area contributed by atoms with Crippen LogP contribution < -0.4 is 4.90 Å². The summed E-state index contributed by atoms with van der Waals surface area (Å²) in [7, 11) is 3.76. The molecule has 164 valence electrons. The molecule has 1 N–H and O–H groups in total. The highest BCUT2D eigenvalue weighted by molar-refractivity contribution is 6.31. The number of likely N-dealkylation sites (tertiary alicyclic amines) is 1. The van der Waals surface area contributed by atoms with E-state index in [0.717, 1.165) is 22.4 Å². The Kier molecular flexibility index (Phi) is 6.19. The Labute approximate surface area is 192 Å². The molecule has 3 aromatic carbocycles. The Morgan fingerprint density at radius 3 is 2.28 bits per heavy atom. The van der Waals surface area contributed by atoms with Crippen molar-refractivity contribution in [2.45, 2.75) is 24.9 Å². The number of hydrogen-bond donors (Lipinski definition) is 1. The molecule has 2 unspecified atom stereocenters. The zero-order valence-corrected chi connectivity index (χ0v) is 18.8. The monoisotopic (exact) mass is 448 g/mol. The number of rotatable bonds is 5. The van der Waals surface area contributed by atoms with Crippen molar-refractivity contribution in [3.8, 4) is 11.1 Å². The number of anilines is 1. The lowest BCUT2D eigenvalue weighted by atomic mass is 9.95. The summed E-state index contributed by atoms with van der Waals surface area (Å²) >= 11 is 6.46. The highest BCUT2D eigenvalue weighted by atomic mass is 35.5. The minimum absolute atomic E-state index is 0.303. The fourth-order valence-corrected chi connectivity index (χ4v) is 4.77. The summed E-state index contributed by atoms with van der Waals surface area (Å²) in [4.78, 5) is 29.7. The first-order valence-corrected chi connectivity index (χ1v) is 10.9. The quantitative estimate of drug-likeness (QED) is 0.559. The number of carbonyl (C=O) groups is 2. The lowest BCUT2D eigenvalue weighted by Gasteiger charge is -2.31. The van der Waals surface area contributed by atoms with Gasteiger partial charge in [0.05, 0.1) is 11.6 Å². The number of benzene rings is 3. The fraction of sp³-hybridized carbons (Fsp3) is 0.231. The van der Waals surface area contributed by atoms with E-state index < -0.39 is 18.1 Å². The van der Waals surface area contributed by atoms with Gasteiger partial charge in [0.2, 0.25) is 0 Å². The Morgan fingerprint density at radius 1 is 0.938 bits per heavy atom. The van der Waals surface area contributed by atoms with E-state index in [9.17, 15) is 14.7 Å². The van der Waals surface area contributed by atoms with Crippen LogP contribution in [0.2, 0.25) is 5.02 Å². The molecule has 5 nitrogen and oxygen atoms in total. The summed E-state index contributed by atoms with van der Waals surface area (Å²) in [5, 5.41) is 10.5. The van der Waals surface area contributed by atoms with Crippen LogP contribution in [0.4, 0.5) is 5.69 Å². The molecule has 4 rings (SSSR count). The zero-order valence-electron chi connectivity index (χ0n) is 18.0. The summed E-state index contributed by atoms with van der Waals surface area (Å²) in [6, 6.07) is 21.4. The zero-order chi connectivity index (χ0) is 22.8. The molecule has 6 heteroatoms. The minimum Gasteiger partial charge on any atom is -0.480 e. The van der Waals surface area contributed by atoms with E-state index in [2.05, 4.69) is 0 Å². The summed E-state index contributed by atoms with van der Waals surface area (Å²) in [6.45, 7) is 0. The third-order valence-electron chi connectivity index (χ3n) is 5.99. The molecule has 32 heavy (non-hydrogen) atoms. The van der Waals surface area contributed by atoms with Crippen LogP contribution in [0.25, 0.3) is 11.1 Å². The second kappa shape index (κ2) is 9.05. The summed E-state index contributed by atoms with van der Waals surface area (Å²) in [5.74, 6) is -1.31. The topological polar surface area (TPSA) is 60.9 Å². The van der Waals surface area contributed by atoms with Crippen LogP contribution >= 0.6 is 11.6 Å². The van der Waals surface area contributed by atoms with Gasteiger partial charge in [-0.05, 0) is 41.7 Å². The molecule has 1 aliphatic heterocycles. The number of halogens is 1. The average molecular weight is 449 g/mol. The van der Waals surface area contributed by atoms with E-state index in [1.54, 1.807) is 6.07 Å². The van der Waals surface area contributed by atoms with Gasteiger partial charge in [-0.3, -0.25) is 4.79 Å². The predicted octanol–water partition coefficient (Wildman–Crippen LogP) is 5.50. The van der Waals surface area contributed by atoms with E-state index in [4.69, 9.17) is 11.6 Å². The van der Waals surface area contributed by atoms with Crippen LogP contribution in [-0.4, -0.2) is 42.0 Å². The van der Waals surface area contributed by atoms with E-state index in [-0.39, 0.29) is 5.91 Å². The molecule has 1 amide bonds. The summed E-state index contributed by atoms with van der Waals surface area (Å²) in [5.41, 5.74) is 3.68. The maximum absolute atomic E-state index is 14.2. The van der Waals surface area contributed by atoms with E-state index in [0.29, 0.717) is 23.4 Å². The molecule has 0 spiro atoms. The number of aliphatic carboxylic acids is 1. The van der Waals surface area contributed by atoms with Crippen LogP contribution in [0.3, 0.4) is 0 Å². The molecule has 0 aliphatic carbocycles. The van der Waals surface area contributed by atoms with Crippen LogP contribution in [0.5, 0.6) is 0 Å². The van der Waals surface area contributed by atoms with Crippen LogP contribution in [0.1, 0.15) is 34.8 Å². The van der Waals surface area contributed by atoms with Crippen molar-refractivity contribution in [2.24, 2.45) is 0 Å². The number of carbonyl (C=O) groups excluding carboxylic acids is 1. The number of nitrogens with zero attached hydrogens (tertiary/aromatic N) is 2. The van der Waals surface area contributed by atoms with Gasteiger partial charge >= 0.3 is 5.97 Å². The van der Waals surface area contributed by atoms with Crippen molar-refractivity contribution >= 4 is 29.2 Å². The van der Waals surface area contributed by atoms with Gasteiger partial charge in [0.1, 0.15) is 6.04 Å². The van der Waals surface area contributed by atoms with Gasteiger partial charge in [0.25, 0.3) is 5.91 Å². The van der Waals surface area contributed by atoms with Crippen molar-refractivity contribution in [3.63, 3.8) is 0 Å². The van der Waals surface area contributed by atoms with Crippen LogP contribution in [0, 0.1) is 0 Å². The third-order valence-corrected chi connectivity index (χ3v) is 6.34. The van der Waals surface area contributed by atoms with Crippen LogP contribution in [0.15, 0.2) is 72.8 Å². The third kappa shape index (κ3) is 3.96. The maximum atomic E-state index is 14.2. The smallest absolute Gasteiger partial charge is 0.326 e. The van der Waals surface area contributed by atoms with Crippen molar-refractivity contribution in [2.75, 3.05) is 19.0 Å². The lowest BCUT2D eigenvalue weighted by molar-refractivity contribution is -0.141. The van der Waals surface area contributed by atoms with Gasteiger partial charge in [-0.15, -0.1) is 0 Å². The predicted molar refractivity (Wildman–Crippen MR) is 127 cm³/mol. The molecule has 1 fully saturated rings. The van der Waals surface area contributed by atoms with E-state index >= 15 is 0 Å². The average Bonchev–Trinajstić information content (AvgIpc) is 3.24. The molecule has 1 saturated heterocycles. The van der Waals surface area contributed by atoms with Crippen molar-refractivity contribution in [1.29, 1.82) is 0 Å². The number of hydrogen-bond acceptors (Lipinski definition) is 3. The molecular weight excluding hydrogens is 424 g/mol. The first-order valence-electron chi connectivity index (χ1n) is 10.6. The molecular formula is C26H25ClN2O3. The van der Waals surface area contributed by atoms with Crippen LogP contribution in [-0.2, 0) is 4.79 Å². The summed E-state index contributed by atoms with van der Waals surface area (Å²) in [6.07, 6.45) is 0.916. The highest BCUT2D eigenvalue weighted by Crippen LogP contribution is 2.42. The normalized spacial score (nSPS) is 17.9. The number of carboxylic acid groups (broad SMARTS) is 1. The van der Waals surface area contributed by atoms with Gasteiger partial charge < -0.3 is 14.9 Å². The van der Waals surface area contributed by atoms with E-state index in [1.807, 2.05) is 85.7 Å². The number of amides is 1. The molecule has 0 saturated carbocycles. The first-order chi connectivity index (χ1) is 15.4. The first kappa shape index (κ1) is 21.9. The Hall–Kier alpha value is -3.31. The van der Waals surface area contributed by atoms with E-state index in [1.165, 1.54) is 4.90 Å². The Morgan fingerprint density at radius 2 is 1.62 bits per heavy atom. The van der Waals surface area contributed by atoms with Crippen molar-refractivity contribution < 1.29 is 14.7 Å². The van der Waals surface area contributed by atoms with Gasteiger partial charge in [-0.1, -0.05) is 72.3 Å². The summed E-state index contributed by atoms with van der Waals surface area (Å²) < 4.78 is 0. The van der Waals surface area contributed by atoms with Gasteiger partial charge in [-0.25, -0.2) is 4.79 Å². The van der Waals surface area contributed by atoms with Crippen molar-refractivity contribution in [1.82, 2.24) is 4.90 Å². The van der Waals surface area contributed by atoms with Gasteiger partial charge in [0, 0.05) is 24.8 Å². The molecule has 0 bridgehead atoms. The van der Waals surface area contributed by atoms with Crippen molar-refractivity contribution in [3.05, 3.63) is 88.9 Å². The molecule has 3 aromatic rings. The number of carboxylic acids is 1. The fourth-order valence-electron chi connectivity index (χ4n) is 4.51. The Bertz CT molecular complexity index is 1150. The molecule has 2 atom stereocenters. The van der Waals surface area contributed by atoms with Gasteiger partial charge in [0.15, 0.2) is 0 Å². The molecule has 0 aromatic heterocycles. The highest BCUT2D eigenvalue weighted by Gasteiger charge is 2.43. The largest absolute Gasteiger partial charge is 0.480 e. The standard InChI is InChI=1S/C26H25ClN2O3/c1-28(2)22-14-8-12-18(17-9-4-3-5-10-17)24(22)25(30)29-21(15-16-23(29)26(31)32)19-11-6-7-13-20(19)27/h3-14,21,23H,15-16H2,1-2H3,(H,31,32). The SMILES string of the molecule is CN(C)c1cccc(-c2ccccc2)c1C(=O)N1C(C(=O)O)CCC1c1ccccc1Cl. The minimum atomic E-state index is -1.00. The molecule has 1 aliphatic rings. The van der Waals surface area contributed by atoms with Gasteiger partial charge in [-0.2, -0.15) is 0 Å². The second-order valence-corrected chi connectivity index (χ2v) is 8.55. The molecule has 0 radical (unpaired) electrons.